The van der Waals surface area contributed by atoms with Gasteiger partial charge >= 0.3 is 6.03 Å². The van der Waals surface area contributed by atoms with Crippen molar-refractivity contribution < 1.29 is 38.4 Å². The van der Waals surface area contributed by atoms with Gasteiger partial charge in [-0.05, 0) is 44.2 Å². The van der Waals surface area contributed by atoms with Crippen LogP contribution in [0.5, 0.6) is 11.5 Å². The van der Waals surface area contributed by atoms with E-state index < -0.39 is 48.4 Å². The van der Waals surface area contributed by atoms with E-state index in [0.717, 1.165) is 4.90 Å². The van der Waals surface area contributed by atoms with Crippen LogP contribution in [-0.2, 0) is 23.7 Å². The van der Waals surface area contributed by atoms with Gasteiger partial charge < -0.3 is 28.8 Å². The molecular weight excluding hydrogens is 527 g/mol. The molecule has 0 saturated carbocycles. The molecule has 0 spiro atoms. The molecule has 198 valence electrons. The average Bonchev–Trinajstić information content (AvgIpc) is 3.32. The van der Waals surface area contributed by atoms with Crippen molar-refractivity contribution >= 4 is 46.5 Å². The van der Waals surface area contributed by atoms with Crippen LogP contribution in [0.1, 0.15) is 20.3 Å². The van der Waals surface area contributed by atoms with E-state index >= 15 is 0 Å². The molecule has 0 aliphatic carbocycles. The number of phenolic OH excluding ortho intramolecular Hbond substituents is 1. The quantitative estimate of drug-likeness (QED) is 0.584. The Kier molecular flexibility index (Phi) is 6.76. The van der Waals surface area contributed by atoms with Crippen molar-refractivity contribution in [2.75, 3.05) is 24.0 Å². The topological polar surface area (TPSA) is 107 Å². The Morgan fingerprint density at radius 2 is 1.73 bits per heavy atom. The first-order valence-electron chi connectivity index (χ1n) is 11.6. The van der Waals surface area contributed by atoms with Crippen LogP contribution in [0.15, 0.2) is 36.4 Å². The number of fused-ring (bicyclic) bond motifs is 1. The summed E-state index contributed by atoms with van der Waals surface area (Å²) < 4.78 is 29.0. The van der Waals surface area contributed by atoms with Crippen LogP contribution in [0.3, 0.4) is 0 Å². The van der Waals surface area contributed by atoms with E-state index in [2.05, 4.69) is 0 Å². The minimum absolute atomic E-state index is 0.119. The van der Waals surface area contributed by atoms with Gasteiger partial charge in [0.2, 0.25) is 5.91 Å². The van der Waals surface area contributed by atoms with Crippen molar-refractivity contribution in [1.82, 2.24) is 0 Å². The van der Waals surface area contributed by atoms with Gasteiger partial charge in [-0.1, -0.05) is 23.2 Å². The lowest BCUT2D eigenvalue weighted by Crippen LogP contribution is -2.63. The van der Waals surface area contributed by atoms with Gasteiger partial charge in [0.05, 0.1) is 35.3 Å². The van der Waals surface area contributed by atoms with Crippen molar-refractivity contribution in [1.29, 1.82) is 0 Å². The summed E-state index contributed by atoms with van der Waals surface area (Å²) in [6, 6.07) is 7.55. The number of rotatable bonds is 5. The van der Waals surface area contributed by atoms with E-state index in [9.17, 15) is 14.7 Å². The molecule has 10 nitrogen and oxygen atoms in total. The number of hydrogen-bond donors (Lipinski definition) is 1. The number of phenols is 1. The summed E-state index contributed by atoms with van der Waals surface area (Å²) in [7, 11) is 2.93. The van der Waals surface area contributed by atoms with E-state index in [-0.39, 0.29) is 33.7 Å². The number of hydrogen-bond acceptors (Lipinski definition) is 8. The second kappa shape index (κ2) is 9.61. The first kappa shape index (κ1) is 26.0. The van der Waals surface area contributed by atoms with E-state index in [1.54, 1.807) is 19.9 Å². The number of anilines is 2. The molecule has 3 aliphatic rings. The molecule has 0 bridgehead atoms. The minimum atomic E-state index is -0.874. The third kappa shape index (κ3) is 4.52. The van der Waals surface area contributed by atoms with Gasteiger partial charge in [0.15, 0.2) is 23.6 Å². The zero-order chi connectivity index (χ0) is 26.6. The number of carbonyl (C=O) groups excluding carboxylic acids is 2. The molecule has 3 saturated heterocycles. The monoisotopic (exact) mass is 552 g/mol. The smallest absolute Gasteiger partial charge is 0.336 e. The van der Waals surface area contributed by atoms with Gasteiger partial charge in [0.1, 0.15) is 18.3 Å². The van der Waals surface area contributed by atoms with Crippen molar-refractivity contribution in [2.45, 2.75) is 56.7 Å². The number of aromatic hydroxyl groups is 1. The Morgan fingerprint density at radius 3 is 2.38 bits per heavy atom. The maximum atomic E-state index is 14.0. The fraction of sp³-hybridized carbons (Fsp3) is 0.440. The zero-order valence-corrected chi connectivity index (χ0v) is 22.0. The first-order chi connectivity index (χ1) is 17.5. The average molecular weight is 553 g/mol. The van der Waals surface area contributed by atoms with Gasteiger partial charge in [-0.3, -0.25) is 9.69 Å². The Labute approximate surface area is 223 Å². The number of ether oxygens (including phenoxy) is 5. The molecule has 0 radical (unpaired) electrons. The summed E-state index contributed by atoms with van der Waals surface area (Å²) in [5, 5.41) is 11.0. The standard InChI is InChI=1S/C25H26Cl2N2O8/c1-25(2)36-22-21(34-4)20(35-23(22)37-25)16-11-19(31)29(12-5-7-14(26)15(27)9-12)24(32)28(16)13-6-8-18(33-3)17(30)10-13/h5-10,16,20-23,30H,11H2,1-4H3/t16-,20+,21-,22+,23+/m0/s1. The highest BCUT2D eigenvalue weighted by molar-refractivity contribution is 6.42. The molecule has 2 aromatic carbocycles. The highest BCUT2D eigenvalue weighted by Crippen LogP contribution is 2.44. The van der Waals surface area contributed by atoms with E-state index in [1.807, 2.05) is 0 Å². The van der Waals surface area contributed by atoms with Crippen LogP contribution in [0.4, 0.5) is 16.2 Å². The number of nitrogens with zero attached hydrogens (tertiary/aromatic N) is 2. The fourth-order valence-corrected chi connectivity index (χ4v) is 5.36. The summed E-state index contributed by atoms with van der Waals surface area (Å²) in [6.45, 7) is 3.54. The molecule has 2 aromatic rings. The summed E-state index contributed by atoms with van der Waals surface area (Å²) in [6.07, 6.45) is -2.83. The number of methoxy groups -OCH3 is 2. The van der Waals surface area contributed by atoms with Crippen molar-refractivity contribution in [3.63, 3.8) is 0 Å². The normalized spacial score (nSPS) is 29.1. The summed E-state index contributed by atoms with van der Waals surface area (Å²) in [5.41, 5.74) is 0.579. The number of imide groups is 1. The van der Waals surface area contributed by atoms with Gasteiger partial charge in [0.25, 0.3) is 0 Å². The second-order valence-corrected chi connectivity index (χ2v) is 10.2. The molecule has 1 N–H and O–H groups in total. The summed E-state index contributed by atoms with van der Waals surface area (Å²) in [4.78, 5) is 29.8. The summed E-state index contributed by atoms with van der Waals surface area (Å²) >= 11 is 12.2. The number of carbonyl (C=O) groups is 2. The zero-order valence-electron chi connectivity index (χ0n) is 20.5. The highest BCUT2D eigenvalue weighted by Gasteiger charge is 2.59. The Bertz CT molecular complexity index is 1240. The number of halogens is 2. The SMILES string of the molecule is COc1ccc(N2C(=O)N(c3ccc(Cl)c(Cl)c3)C(=O)C[C@H]2[C@H]2O[C@@H]3OC(C)(C)O[C@@H]3[C@H]2OC)cc1O. The van der Waals surface area contributed by atoms with E-state index in [1.165, 1.54) is 49.5 Å². The highest BCUT2D eigenvalue weighted by atomic mass is 35.5. The maximum Gasteiger partial charge on any atom is 0.336 e. The van der Waals surface area contributed by atoms with Crippen LogP contribution in [0.25, 0.3) is 0 Å². The van der Waals surface area contributed by atoms with Crippen molar-refractivity contribution in [3.8, 4) is 11.5 Å². The molecule has 3 heterocycles. The lowest BCUT2D eigenvalue weighted by atomic mass is 9.95. The van der Waals surface area contributed by atoms with Gasteiger partial charge in [-0.25, -0.2) is 9.69 Å². The minimum Gasteiger partial charge on any atom is -0.504 e. The molecule has 5 rings (SSSR count). The largest absolute Gasteiger partial charge is 0.504 e. The molecule has 37 heavy (non-hydrogen) atoms. The first-order valence-corrected chi connectivity index (χ1v) is 12.3. The third-order valence-electron chi connectivity index (χ3n) is 6.64. The second-order valence-electron chi connectivity index (χ2n) is 9.38. The van der Waals surface area contributed by atoms with Crippen molar-refractivity contribution in [2.24, 2.45) is 0 Å². The molecule has 3 fully saturated rings. The van der Waals surface area contributed by atoms with Gasteiger partial charge in [0, 0.05) is 18.9 Å². The molecule has 3 amide bonds. The lowest BCUT2D eigenvalue weighted by molar-refractivity contribution is -0.219. The summed E-state index contributed by atoms with van der Waals surface area (Å²) in [5.74, 6) is -1.29. The number of urea groups is 1. The Balaban J connectivity index is 1.56. The lowest BCUT2D eigenvalue weighted by Gasteiger charge is -2.43. The Morgan fingerprint density at radius 1 is 1.00 bits per heavy atom. The molecule has 12 heteroatoms. The number of amides is 3. The molecule has 0 unspecified atom stereocenters. The Hall–Kier alpha value is -2.60. The molecular formula is C25H26Cl2N2O8. The predicted octanol–water partition coefficient (Wildman–Crippen LogP) is 4.33. The maximum absolute atomic E-state index is 14.0. The molecule has 3 aliphatic heterocycles. The predicted molar refractivity (Wildman–Crippen MR) is 134 cm³/mol. The number of benzene rings is 2. The van der Waals surface area contributed by atoms with Gasteiger partial charge in [-0.2, -0.15) is 0 Å². The molecule has 0 aromatic heterocycles. The van der Waals surface area contributed by atoms with Crippen LogP contribution in [0, 0.1) is 0 Å². The van der Waals surface area contributed by atoms with Crippen molar-refractivity contribution in [3.05, 3.63) is 46.4 Å². The van der Waals surface area contributed by atoms with Crippen LogP contribution < -0.4 is 14.5 Å². The van der Waals surface area contributed by atoms with E-state index in [4.69, 9.17) is 46.9 Å². The van der Waals surface area contributed by atoms with E-state index in [0.29, 0.717) is 5.69 Å². The van der Waals surface area contributed by atoms with Crippen LogP contribution >= 0.6 is 23.2 Å². The fourth-order valence-electron chi connectivity index (χ4n) is 5.07. The van der Waals surface area contributed by atoms with Crippen LogP contribution in [0.2, 0.25) is 10.0 Å². The van der Waals surface area contributed by atoms with Gasteiger partial charge in [-0.15, -0.1) is 0 Å². The molecule has 5 atom stereocenters. The van der Waals surface area contributed by atoms with Crippen LogP contribution in [-0.4, -0.2) is 67.7 Å². The third-order valence-corrected chi connectivity index (χ3v) is 7.38.